The van der Waals surface area contributed by atoms with Crippen LogP contribution in [0.2, 0.25) is 0 Å². The molecule has 0 atom stereocenters. The van der Waals surface area contributed by atoms with Gasteiger partial charge in [-0.3, -0.25) is 4.79 Å². The van der Waals surface area contributed by atoms with Crippen molar-refractivity contribution < 1.29 is 13.9 Å². The SMILES string of the molecule is COc1ccc(NC(=O)c2ccc(/C=C(C)/C=C/C3=C(C)CCCC3(C)C)o2)cc1. The Balaban J connectivity index is 1.67. The number of amides is 1. The van der Waals surface area contributed by atoms with Crippen LogP contribution in [0.25, 0.3) is 6.08 Å². The lowest BCUT2D eigenvalue weighted by Gasteiger charge is -2.32. The lowest BCUT2D eigenvalue weighted by molar-refractivity contribution is 0.0996. The molecular formula is C26H31NO3. The van der Waals surface area contributed by atoms with Gasteiger partial charge >= 0.3 is 0 Å². The summed E-state index contributed by atoms with van der Waals surface area (Å²) in [5.41, 5.74) is 4.89. The van der Waals surface area contributed by atoms with E-state index in [0.717, 1.165) is 11.3 Å². The number of nitrogens with one attached hydrogen (secondary N) is 1. The summed E-state index contributed by atoms with van der Waals surface area (Å²) < 4.78 is 10.9. The number of hydrogen-bond acceptors (Lipinski definition) is 3. The minimum absolute atomic E-state index is 0.219. The molecule has 1 aromatic heterocycles. The molecule has 1 heterocycles. The van der Waals surface area contributed by atoms with Crippen molar-refractivity contribution in [2.45, 2.75) is 47.0 Å². The zero-order chi connectivity index (χ0) is 21.7. The van der Waals surface area contributed by atoms with Gasteiger partial charge in [0.15, 0.2) is 5.76 Å². The predicted molar refractivity (Wildman–Crippen MR) is 123 cm³/mol. The Morgan fingerprint density at radius 1 is 1.17 bits per heavy atom. The molecule has 1 aliphatic rings. The van der Waals surface area contributed by atoms with E-state index in [0.29, 0.717) is 11.4 Å². The largest absolute Gasteiger partial charge is 0.497 e. The van der Waals surface area contributed by atoms with Crippen LogP contribution in [-0.2, 0) is 0 Å². The predicted octanol–water partition coefficient (Wildman–Crippen LogP) is 7.03. The van der Waals surface area contributed by atoms with Crippen molar-refractivity contribution in [1.82, 2.24) is 0 Å². The summed E-state index contributed by atoms with van der Waals surface area (Å²) in [7, 11) is 1.61. The number of carbonyl (C=O) groups excluding carboxylic acids is 1. The minimum atomic E-state index is -0.280. The van der Waals surface area contributed by atoms with Crippen LogP contribution >= 0.6 is 0 Å². The number of anilines is 1. The van der Waals surface area contributed by atoms with Crippen LogP contribution in [0.1, 0.15) is 63.3 Å². The number of benzene rings is 1. The van der Waals surface area contributed by atoms with Crippen LogP contribution in [0.5, 0.6) is 5.75 Å². The van der Waals surface area contributed by atoms with E-state index in [1.54, 1.807) is 37.4 Å². The molecule has 0 unspecified atom stereocenters. The Labute approximate surface area is 179 Å². The second kappa shape index (κ2) is 9.21. The Kier molecular flexibility index (Phi) is 6.66. The maximum Gasteiger partial charge on any atom is 0.291 e. The molecule has 4 nitrogen and oxygen atoms in total. The highest BCUT2D eigenvalue weighted by molar-refractivity contribution is 6.02. The lowest BCUT2D eigenvalue weighted by atomic mass is 9.72. The normalized spacial score (nSPS) is 16.8. The molecule has 3 rings (SSSR count). The van der Waals surface area contributed by atoms with E-state index in [4.69, 9.17) is 9.15 Å². The number of rotatable bonds is 6. The van der Waals surface area contributed by atoms with Crippen LogP contribution in [0.15, 0.2) is 69.7 Å². The third kappa shape index (κ3) is 5.32. The van der Waals surface area contributed by atoms with Gasteiger partial charge in [-0.05, 0) is 92.1 Å². The number of carbonyl (C=O) groups is 1. The fraction of sp³-hybridized carbons (Fsp3) is 0.346. The first-order valence-electron chi connectivity index (χ1n) is 10.4. The van der Waals surface area contributed by atoms with E-state index in [1.807, 2.05) is 19.1 Å². The average Bonchev–Trinajstić information content (AvgIpc) is 3.16. The average molecular weight is 406 g/mol. The quantitative estimate of drug-likeness (QED) is 0.525. The Morgan fingerprint density at radius 3 is 2.57 bits per heavy atom. The van der Waals surface area contributed by atoms with E-state index in [1.165, 1.54) is 30.4 Å². The monoisotopic (exact) mass is 405 g/mol. The van der Waals surface area contributed by atoms with Gasteiger partial charge < -0.3 is 14.5 Å². The van der Waals surface area contributed by atoms with E-state index in [2.05, 4.69) is 38.2 Å². The molecule has 0 spiro atoms. The first kappa shape index (κ1) is 21.7. The highest BCUT2D eigenvalue weighted by Gasteiger charge is 2.26. The maximum atomic E-state index is 12.4. The molecule has 1 N–H and O–H groups in total. The number of methoxy groups -OCH3 is 1. The Morgan fingerprint density at radius 2 is 1.90 bits per heavy atom. The smallest absolute Gasteiger partial charge is 0.291 e. The van der Waals surface area contributed by atoms with Gasteiger partial charge in [0.25, 0.3) is 5.91 Å². The summed E-state index contributed by atoms with van der Waals surface area (Å²) in [6.45, 7) is 8.91. The fourth-order valence-electron chi connectivity index (χ4n) is 3.92. The summed E-state index contributed by atoms with van der Waals surface area (Å²) in [6, 6.07) is 10.7. The second-order valence-corrected chi connectivity index (χ2v) is 8.54. The Bertz CT molecular complexity index is 988. The van der Waals surface area contributed by atoms with Gasteiger partial charge in [0.1, 0.15) is 11.5 Å². The van der Waals surface area contributed by atoms with Crippen LogP contribution in [0, 0.1) is 5.41 Å². The molecule has 0 aliphatic heterocycles. The molecule has 0 fully saturated rings. The van der Waals surface area contributed by atoms with Crippen LogP contribution in [-0.4, -0.2) is 13.0 Å². The molecule has 0 saturated heterocycles. The van der Waals surface area contributed by atoms with Gasteiger partial charge in [0, 0.05) is 5.69 Å². The fourth-order valence-corrected chi connectivity index (χ4v) is 3.92. The number of allylic oxidation sites excluding steroid dienone is 5. The summed E-state index contributed by atoms with van der Waals surface area (Å²) in [6.07, 6.45) is 9.98. The second-order valence-electron chi connectivity index (χ2n) is 8.54. The topological polar surface area (TPSA) is 51.5 Å². The summed E-state index contributed by atoms with van der Waals surface area (Å²) in [4.78, 5) is 12.4. The van der Waals surface area contributed by atoms with E-state index >= 15 is 0 Å². The van der Waals surface area contributed by atoms with Gasteiger partial charge in [-0.15, -0.1) is 0 Å². The van der Waals surface area contributed by atoms with E-state index < -0.39 is 0 Å². The third-order valence-corrected chi connectivity index (χ3v) is 5.62. The third-order valence-electron chi connectivity index (χ3n) is 5.62. The van der Waals surface area contributed by atoms with Gasteiger partial charge in [0.2, 0.25) is 0 Å². The molecular weight excluding hydrogens is 374 g/mol. The number of hydrogen-bond donors (Lipinski definition) is 1. The molecule has 2 aromatic rings. The van der Waals surface area contributed by atoms with Crippen molar-refractivity contribution in [3.63, 3.8) is 0 Å². The first-order chi connectivity index (χ1) is 14.3. The van der Waals surface area contributed by atoms with Crippen molar-refractivity contribution in [3.05, 3.63) is 76.8 Å². The number of ether oxygens (including phenoxy) is 1. The lowest BCUT2D eigenvalue weighted by Crippen LogP contribution is -2.19. The van der Waals surface area contributed by atoms with Crippen molar-refractivity contribution >= 4 is 17.7 Å². The van der Waals surface area contributed by atoms with Crippen LogP contribution in [0.4, 0.5) is 5.69 Å². The zero-order valence-electron chi connectivity index (χ0n) is 18.5. The van der Waals surface area contributed by atoms with Gasteiger partial charge in [0.05, 0.1) is 7.11 Å². The van der Waals surface area contributed by atoms with Crippen molar-refractivity contribution in [2.24, 2.45) is 5.41 Å². The highest BCUT2D eigenvalue weighted by Crippen LogP contribution is 2.40. The molecule has 0 bridgehead atoms. The van der Waals surface area contributed by atoms with Gasteiger partial charge in [-0.25, -0.2) is 0 Å². The Hall–Kier alpha value is -3.01. The summed E-state index contributed by atoms with van der Waals surface area (Å²) in [5.74, 6) is 1.40. The first-order valence-corrected chi connectivity index (χ1v) is 10.4. The zero-order valence-corrected chi connectivity index (χ0v) is 18.5. The molecule has 1 aliphatic carbocycles. The summed E-state index contributed by atoms with van der Waals surface area (Å²) in [5, 5.41) is 2.83. The molecule has 4 heteroatoms. The number of furan rings is 1. The van der Waals surface area contributed by atoms with Crippen molar-refractivity contribution in [1.29, 1.82) is 0 Å². The van der Waals surface area contributed by atoms with Crippen molar-refractivity contribution in [3.8, 4) is 5.75 Å². The molecule has 158 valence electrons. The highest BCUT2D eigenvalue weighted by atomic mass is 16.5. The van der Waals surface area contributed by atoms with Crippen molar-refractivity contribution in [2.75, 3.05) is 12.4 Å². The summed E-state index contributed by atoms with van der Waals surface area (Å²) >= 11 is 0. The molecule has 30 heavy (non-hydrogen) atoms. The minimum Gasteiger partial charge on any atom is -0.497 e. The van der Waals surface area contributed by atoms with E-state index in [9.17, 15) is 4.79 Å². The van der Waals surface area contributed by atoms with E-state index in [-0.39, 0.29) is 17.1 Å². The van der Waals surface area contributed by atoms with Gasteiger partial charge in [-0.1, -0.05) is 31.6 Å². The maximum absolute atomic E-state index is 12.4. The molecule has 0 saturated carbocycles. The standard InChI is InChI=1S/C26H31NO3/c1-18(8-14-23-19(2)7-6-16-26(23,3)4)17-22-13-15-24(30-22)25(28)27-20-9-11-21(29-5)12-10-20/h8-15,17H,6-7,16H2,1-5H3,(H,27,28)/b14-8+,18-17+. The molecule has 1 amide bonds. The van der Waals surface area contributed by atoms with Crippen LogP contribution < -0.4 is 10.1 Å². The van der Waals surface area contributed by atoms with Crippen LogP contribution in [0.3, 0.4) is 0 Å². The molecule has 0 radical (unpaired) electrons. The van der Waals surface area contributed by atoms with Gasteiger partial charge in [-0.2, -0.15) is 0 Å². The molecule has 1 aromatic carbocycles.